The quantitative estimate of drug-likeness (QED) is 0.573. The van der Waals surface area contributed by atoms with Crippen molar-refractivity contribution in [1.29, 1.82) is 0 Å². The van der Waals surface area contributed by atoms with Crippen molar-refractivity contribution in [3.8, 4) is 0 Å². The molecule has 0 fully saturated rings. The zero-order chi connectivity index (χ0) is 10.4. The van der Waals surface area contributed by atoms with E-state index in [0.29, 0.717) is 0 Å². The fourth-order valence-corrected chi connectivity index (χ4v) is 2.80. The van der Waals surface area contributed by atoms with Crippen LogP contribution in [0.1, 0.15) is 0 Å². The summed E-state index contributed by atoms with van der Waals surface area (Å²) in [4.78, 5) is 29.6. The van der Waals surface area contributed by atoms with Gasteiger partial charge in [-0.2, -0.15) is 0 Å². The minimum absolute atomic E-state index is 1.84. The summed E-state index contributed by atoms with van der Waals surface area (Å²) in [5.41, 5.74) is 0. The van der Waals surface area contributed by atoms with E-state index in [9.17, 15) is 14.4 Å². The van der Waals surface area contributed by atoms with Gasteiger partial charge < -0.3 is 0 Å². The van der Waals surface area contributed by atoms with Crippen LogP contribution < -0.4 is 0 Å². The molecule has 0 aromatic heterocycles. The maximum absolute atomic E-state index is 9.86. The summed E-state index contributed by atoms with van der Waals surface area (Å²) < 4.78 is 11.4. The van der Waals surface area contributed by atoms with E-state index >= 15 is 0 Å². The molecule has 0 saturated heterocycles. The van der Waals surface area contributed by atoms with Crippen LogP contribution in [-0.2, 0) is 8.06 Å². The van der Waals surface area contributed by atoms with Gasteiger partial charge in [-0.15, -0.1) is 0 Å². The number of carboxylic acid groups (broad SMARTS) is 3. The molecule has 0 aromatic carbocycles. The van der Waals surface area contributed by atoms with E-state index in [2.05, 4.69) is 8.06 Å². The predicted molar refractivity (Wildman–Crippen MR) is 33.1 cm³/mol. The molecule has 0 spiro atoms. The first-order valence-corrected chi connectivity index (χ1v) is 8.10. The standard InChI is InChI=1S/3CH2O3.Tl/c3*2-1(3)4;/h3*(H2,2,3,4);/q;;;+3/p-3. The van der Waals surface area contributed by atoms with E-state index < -0.39 is 42.5 Å². The molecule has 3 N–H and O–H groups in total. The second-order valence-electron chi connectivity index (χ2n) is 1.44. The van der Waals surface area contributed by atoms with Gasteiger partial charge in [0.25, 0.3) is 0 Å². The van der Waals surface area contributed by atoms with Crippen LogP contribution >= 0.6 is 0 Å². The Morgan fingerprint density at radius 3 is 1.15 bits per heavy atom. The van der Waals surface area contributed by atoms with E-state index in [1.807, 2.05) is 0 Å². The molecule has 72 valence electrons. The molecule has 13 heavy (non-hydrogen) atoms. The molecule has 0 atom stereocenters. The van der Waals surface area contributed by atoms with Crippen molar-refractivity contribution >= 4 is 42.5 Å². The molecule has 0 saturated carbocycles. The fourth-order valence-electron chi connectivity index (χ4n) is 0.319. The summed E-state index contributed by atoms with van der Waals surface area (Å²) in [5.74, 6) is 0. The zero-order valence-electron chi connectivity index (χ0n) is 5.87. The Labute approximate surface area is 80.5 Å². The van der Waals surface area contributed by atoms with Gasteiger partial charge >= 0.3 is 80.3 Å². The van der Waals surface area contributed by atoms with E-state index in [1.54, 1.807) is 0 Å². The van der Waals surface area contributed by atoms with Crippen LogP contribution in [0.4, 0.5) is 14.4 Å². The molecule has 9 nitrogen and oxygen atoms in total. The van der Waals surface area contributed by atoms with Crippen LogP contribution in [0, 0.1) is 0 Å². The summed E-state index contributed by atoms with van der Waals surface area (Å²) in [6.45, 7) is 0. The van der Waals surface area contributed by atoms with E-state index in [4.69, 9.17) is 15.3 Å². The molecular formula is C3H3O9Tl. The van der Waals surface area contributed by atoms with E-state index in [-0.39, 0.29) is 0 Å². The third kappa shape index (κ3) is 7.10. The van der Waals surface area contributed by atoms with Crippen molar-refractivity contribution in [2.24, 2.45) is 0 Å². The molecular weight excluding hydrogens is 384 g/mol. The van der Waals surface area contributed by atoms with Crippen LogP contribution in [0.5, 0.6) is 0 Å². The number of hydrogen-bond donors (Lipinski definition) is 3. The molecule has 0 heterocycles. The van der Waals surface area contributed by atoms with Crippen molar-refractivity contribution in [3.05, 3.63) is 0 Å². The summed E-state index contributed by atoms with van der Waals surface area (Å²) in [7, 11) is 0. The van der Waals surface area contributed by atoms with Crippen molar-refractivity contribution < 1.29 is 37.8 Å². The Hall–Kier alpha value is -1.27. The van der Waals surface area contributed by atoms with Crippen LogP contribution in [0.25, 0.3) is 0 Å². The summed E-state index contributed by atoms with van der Waals surface area (Å²) >= 11 is -4.53. The number of hydrogen-bond acceptors (Lipinski definition) is 6. The molecule has 0 aromatic rings. The number of carbonyl (C=O) groups is 3. The Morgan fingerprint density at radius 2 is 1.00 bits per heavy atom. The summed E-state index contributed by atoms with van der Waals surface area (Å²) in [5, 5.41) is 24.0. The second-order valence-corrected chi connectivity index (χ2v) is 6.43. The van der Waals surface area contributed by atoms with Crippen LogP contribution in [0.3, 0.4) is 0 Å². The average molecular weight is 387 g/mol. The second kappa shape index (κ2) is 5.39. The van der Waals surface area contributed by atoms with Crippen molar-refractivity contribution in [1.82, 2.24) is 0 Å². The SMILES string of the molecule is O=C(O)[O][Tl]([O]C(=O)O)[O]C(=O)O. The average Bonchev–Trinajstić information content (AvgIpc) is 1.80. The van der Waals surface area contributed by atoms with Gasteiger partial charge in [0.1, 0.15) is 0 Å². The van der Waals surface area contributed by atoms with Gasteiger partial charge in [0, 0.05) is 0 Å². The van der Waals surface area contributed by atoms with Gasteiger partial charge in [0.15, 0.2) is 0 Å². The maximum atomic E-state index is 9.86. The Morgan fingerprint density at radius 1 is 0.769 bits per heavy atom. The molecule has 0 rings (SSSR count). The van der Waals surface area contributed by atoms with Gasteiger partial charge in [0.2, 0.25) is 0 Å². The molecule has 10 heteroatoms. The first-order valence-electron chi connectivity index (χ1n) is 2.60. The Bertz CT molecular complexity index is 185. The van der Waals surface area contributed by atoms with Gasteiger partial charge in [0.05, 0.1) is 0 Å². The van der Waals surface area contributed by atoms with Crippen LogP contribution in [0.2, 0.25) is 0 Å². The topological polar surface area (TPSA) is 140 Å². The summed E-state index contributed by atoms with van der Waals surface area (Å²) in [6, 6.07) is 0. The van der Waals surface area contributed by atoms with Crippen LogP contribution in [-0.4, -0.2) is 57.8 Å². The van der Waals surface area contributed by atoms with Gasteiger partial charge in [-0.05, 0) is 0 Å². The first-order chi connectivity index (χ1) is 5.91. The van der Waals surface area contributed by atoms with Crippen LogP contribution in [0.15, 0.2) is 0 Å². The fraction of sp³-hybridized carbons (Fsp3) is 0. The molecule has 0 aliphatic carbocycles. The molecule has 0 aliphatic heterocycles. The molecule has 0 amide bonds. The van der Waals surface area contributed by atoms with Crippen molar-refractivity contribution in [2.75, 3.05) is 0 Å². The molecule has 0 aliphatic rings. The van der Waals surface area contributed by atoms with Crippen molar-refractivity contribution in [3.63, 3.8) is 0 Å². The van der Waals surface area contributed by atoms with E-state index in [1.165, 1.54) is 0 Å². The third-order valence-electron chi connectivity index (χ3n) is 0.591. The first kappa shape index (κ1) is 11.7. The van der Waals surface area contributed by atoms with Gasteiger partial charge in [-0.1, -0.05) is 0 Å². The zero-order valence-corrected chi connectivity index (χ0v) is 10.4. The number of rotatable bonds is 3. The monoisotopic (exact) mass is 388 g/mol. The third-order valence-corrected chi connectivity index (χ3v) is 5.19. The van der Waals surface area contributed by atoms with Gasteiger partial charge in [-0.25, -0.2) is 0 Å². The predicted octanol–water partition coefficient (Wildman–Crippen LogP) is 0.0551. The Kier molecular flexibility index (Phi) is 4.86. The Balaban J connectivity index is 4.10. The molecule has 0 unspecified atom stereocenters. The van der Waals surface area contributed by atoms with Crippen molar-refractivity contribution in [2.45, 2.75) is 0 Å². The van der Waals surface area contributed by atoms with Gasteiger partial charge in [-0.3, -0.25) is 0 Å². The van der Waals surface area contributed by atoms with E-state index in [0.717, 1.165) is 0 Å². The minimum atomic E-state index is -4.53. The molecule has 0 bridgehead atoms. The molecule has 0 radical (unpaired) electrons. The normalized spacial score (nSPS) is 8.31. The summed E-state index contributed by atoms with van der Waals surface area (Å²) in [6.07, 6.45) is -5.52.